The van der Waals surface area contributed by atoms with E-state index in [9.17, 15) is 8.42 Å². The minimum atomic E-state index is -3.41. The highest BCUT2D eigenvalue weighted by molar-refractivity contribution is 7.90. The van der Waals surface area contributed by atoms with Gasteiger partial charge in [0.25, 0.3) is 0 Å². The summed E-state index contributed by atoms with van der Waals surface area (Å²) in [6.07, 6.45) is 0.806. The Bertz CT molecular complexity index is 774. The zero-order valence-electron chi connectivity index (χ0n) is 11.5. The van der Waals surface area contributed by atoms with Crippen molar-refractivity contribution < 1.29 is 8.42 Å². The van der Waals surface area contributed by atoms with Crippen molar-refractivity contribution in [1.29, 1.82) is 0 Å². The van der Waals surface area contributed by atoms with Crippen LogP contribution in [0.2, 0.25) is 0 Å². The Labute approximate surface area is 124 Å². The van der Waals surface area contributed by atoms with Crippen LogP contribution in [-0.4, -0.2) is 25.3 Å². The van der Waals surface area contributed by atoms with E-state index in [1.165, 1.54) is 0 Å². The maximum Gasteiger partial charge on any atom is 0.304 e. The zero-order chi connectivity index (χ0) is 14.4. The molecule has 4 rings (SSSR count). The highest BCUT2D eigenvalue weighted by Gasteiger charge is 2.47. The summed E-state index contributed by atoms with van der Waals surface area (Å²) < 4.78 is 28.8. The Morgan fingerprint density at radius 1 is 1.00 bits per heavy atom. The third-order valence-electron chi connectivity index (χ3n) is 4.21. The number of hydrogen-bond donors (Lipinski definition) is 0. The molecule has 1 unspecified atom stereocenters. The second-order valence-corrected chi connectivity index (χ2v) is 7.37. The van der Waals surface area contributed by atoms with Crippen LogP contribution in [0.1, 0.15) is 11.1 Å². The Hall–Kier alpha value is -1.85. The van der Waals surface area contributed by atoms with Gasteiger partial charge in [-0.1, -0.05) is 48.5 Å². The van der Waals surface area contributed by atoms with E-state index in [0.717, 1.165) is 23.2 Å². The third kappa shape index (κ3) is 1.96. The third-order valence-corrected chi connectivity index (χ3v) is 6.13. The molecule has 2 aromatic rings. The molecule has 4 nitrogen and oxygen atoms in total. The van der Waals surface area contributed by atoms with Gasteiger partial charge in [0.15, 0.2) is 0 Å². The highest BCUT2D eigenvalue weighted by atomic mass is 32.2. The van der Waals surface area contributed by atoms with Crippen molar-refractivity contribution in [2.45, 2.75) is 19.0 Å². The van der Waals surface area contributed by atoms with Crippen molar-refractivity contribution >= 4 is 15.9 Å². The topological polar surface area (TPSA) is 40.6 Å². The molecule has 0 amide bonds. The minimum absolute atomic E-state index is 0.0381. The standard InChI is InChI=1S/C16H16N2O2S/c19-21(20)17(11-13-6-2-1-3-7-13)12-15-10-14-8-4-5-9-16(14)18(15)21/h1-9,15H,10-12H2. The Balaban J connectivity index is 1.67. The average Bonchev–Trinajstić information content (AvgIpc) is 2.96. The van der Waals surface area contributed by atoms with Gasteiger partial charge >= 0.3 is 10.2 Å². The van der Waals surface area contributed by atoms with Crippen LogP contribution in [0.3, 0.4) is 0 Å². The average molecular weight is 300 g/mol. The maximum absolute atomic E-state index is 12.8. The van der Waals surface area contributed by atoms with E-state index in [2.05, 4.69) is 0 Å². The van der Waals surface area contributed by atoms with Crippen molar-refractivity contribution in [3.8, 4) is 0 Å². The molecule has 2 heterocycles. The van der Waals surface area contributed by atoms with Gasteiger partial charge < -0.3 is 0 Å². The molecule has 21 heavy (non-hydrogen) atoms. The summed E-state index contributed by atoms with van der Waals surface area (Å²) in [5.41, 5.74) is 3.00. The van der Waals surface area contributed by atoms with E-state index in [4.69, 9.17) is 0 Å². The lowest BCUT2D eigenvalue weighted by atomic mass is 10.1. The molecule has 0 radical (unpaired) electrons. The summed E-state index contributed by atoms with van der Waals surface area (Å²) in [7, 11) is -3.41. The first kappa shape index (κ1) is 12.9. The molecule has 108 valence electrons. The van der Waals surface area contributed by atoms with Gasteiger partial charge in [0.1, 0.15) is 0 Å². The molecule has 1 saturated heterocycles. The predicted octanol–water partition coefficient (Wildman–Crippen LogP) is 2.18. The van der Waals surface area contributed by atoms with Crippen LogP contribution in [0, 0.1) is 0 Å². The second-order valence-electron chi connectivity index (χ2n) is 5.57. The van der Waals surface area contributed by atoms with Gasteiger partial charge in [-0.25, -0.2) is 0 Å². The van der Waals surface area contributed by atoms with Gasteiger partial charge in [-0.2, -0.15) is 12.7 Å². The fourth-order valence-electron chi connectivity index (χ4n) is 3.27. The van der Waals surface area contributed by atoms with Gasteiger partial charge in [0.2, 0.25) is 0 Å². The molecule has 5 heteroatoms. The van der Waals surface area contributed by atoms with E-state index in [-0.39, 0.29) is 6.04 Å². The van der Waals surface area contributed by atoms with Crippen molar-refractivity contribution in [3.63, 3.8) is 0 Å². The molecule has 1 fully saturated rings. The first-order valence-electron chi connectivity index (χ1n) is 7.07. The maximum atomic E-state index is 12.8. The quantitative estimate of drug-likeness (QED) is 0.853. The van der Waals surface area contributed by atoms with Crippen LogP contribution in [0.5, 0.6) is 0 Å². The second kappa shape index (κ2) is 4.58. The van der Waals surface area contributed by atoms with E-state index < -0.39 is 10.2 Å². The van der Waals surface area contributed by atoms with E-state index in [0.29, 0.717) is 13.1 Å². The number of para-hydroxylation sites is 1. The summed E-state index contributed by atoms with van der Waals surface area (Å²) >= 11 is 0. The lowest BCUT2D eigenvalue weighted by Crippen LogP contribution is -2.33. The number of nitrogens with zero attached hydrogens (tertiary/aromatic N) is 2. The molecule has 1 atom stereocenters. The molecule has 2 aliphatic rings. The number of rotatable bonds is 2. The van der Waals surface area contributed by atoms with E-state index >= 15 is 0 Å². The molecular formula is C16H16N2O2S. The highest BCUT2D eigenvalue weighted by Crippen LogP contribution is 2.40. The van der Waals surface area contributed by atoms with Crippen LogP contribution in [0.15, 0.2) is 54.6 Å². The molecule has 0 aromatic heterocycles. The van der Waals surface area contributed by atoms with Crippen LogP contribution in [-0.2, 0) is 23.2 Å². The van der Waals surface area contributed by atoms with E-state index in [1.54, 1.807) is 8.61 Å². The largest absolute Gasteiger partial charge is 0.304 e. The summed E-state index contributed by atoms with van der Waals surface area (Å²) in [4.78, 5) is 0. The van der Waals surface area contributed by atoms with Crippen molar-refractivity contribution in [2.24, 2.45) is 0 Å². The smallest absolute Gasteiger partial charge is 0.253 e. The van der Waals surface area contributed by atoms with Crippen LogP contribution in [0.25, 0.3) is 0 Å². The van der Waals surface area contributed by atoms with Gasteiger partial charge in [-0.15, -0.1) is 0 Å². The van der Waals surface area contributed by atoms with Crippen molar-refractivity contribution in [2.75, 3.05) is 10.8 Å². The van der Waals surface area contributed by atoms with Crippen molar-refractivity contribution in [3.05, 3.63) is 65.7 Å². The monoisotopic (exact) mass is 300 g/mol. The summed E-state index contributed by atoms with van der Waals surface area (Å²) in [6, 6.07) is 17.6. The summed E-state index contributed by atoms with van der Waals surface area (Å²) in [5, 5.41) is 0. The fraction of sp³-hybridized carbons (Fsp3) is 0.250. The Kier molecular flexibility index (Phi) is 2.80. The van der Waals surface area contributed by atoms with Crippen LogP contribution < -0.4 is 4.31 Å². The summed E-state index contributed by atoms with van der Waals surface area (Å²) in [5.74, 6) is 0. The van der Waals surface area contributed by atoms with Crippen LogP contribution >= 0.6 is 0 Å². The first-order chi connectivity index (χ1) is 10.2. The van der Waals surface area contributed by atoms with Gasteiger partial charge in [0, 0.05) is 13.1 Å². The Morgan fingerprint density at radius 3 is 2.52 bits per heavy atom. The Morgan fingerprint density at radius 2 is 1.71 bits per heavy atom. The van der Waals surface area contributed by atoms with Gasteiger partial charge in [-0.3, -0.25) is 4.31 Å². The fourth-order valence-corrected chi connectivity index (χ4v) is 5.14. The summed E-state index contributed by atoms with van der Waals surface area (Å²) in [6.45, 7) is 1.00. The lowest BCUT2D eigenvalue weighted by molar-refractivity contribution is 0.424. The van der Waals surface area contributed by atoms with Crippen LogP contribution in [0.4, 0.5) is 5.69 Å². The molecule has 0 spiro atoms. The number of anilines is 1. The first-order valence-corrected chi connectivity index (χ1v) is 8.47. The lowest BCUT2D eigenvalue weighted by Gasteiger charge is -2.19. The molecular weight excluding hydrogens is 284 g/mol. The van der Waals surface area contributed by atoms with Gasteiger partial charge in [-0.05, 0) is 23.6 Å². The van der Waals surface area contributed by atoms with Gasteiger partial charge in [0.05, 0.1) is 11.7 Å². The molecule has 0 aliphatic carbocycles. The minimum Gasteiger partial charge on any atom is -0.253 e. The molecule has 0 N–H and O–H groups in total. The number of hydrogen-bond acceptors (Lipinski definition) is 2. The zero-order valence-corrected chi connectivity index (χ0v) is 12.3. The van der Waals surface area contributed by atoms with Crippen molar-refractivity contribution in [1.82, 2.24) is 4.31 Å². The number of fused-ring (bicyclic) bond motifs is 3. The molecule has 0 saturated carbocycles. The number of benzene rings is 2. The normalized spacial score (nSPS) is 23.0. The molecule has 2 aliphatic heterocycles. The molecule has 2 aromatic carbocycles. The predicted molar refractivity (Wildman–Crippen MR) is 82.2 cm³/mol. The SMILES string of the molecule is O=S1(=O)N(Cc2ccccc2)CC2Cc3ccccc3N21. The molecule has 0 bridgehead atoms. The van der Waals surface area contributed by atoms with E-state index in [1.807, 2.05) is 54.6 Å².